The summed E-state index contributed by atoms with van der Waals surface area (Å²) < 4.78 is 23.4. The number of rotatable bonds is 2. The standard InChI is InChI=1S/C15H15N3O2S/c16-9-12-8-11-4-1-2-6-14(11)18-15(12)17-13-5-3-7-21(19,20)10-13/h1-2,4,6,8,13H,3,5,7,10H2,(H,17,18). The van der Waals surface area contributed by atoms with Gasteiger partial charge in [0.15, 0.2) is 9.84 Å². The third-order valence-corrected chi connectivity index (χ3v) is 5.47. The first-order chi connectivity index (χ1) is 10.1. The first-order valence-electron chi connectivity index (χ1n) is 6.84. The van der Waals surface area contributed by atoms with Crippen LogP contribution >= 0.6 is 0 Å². The maximum atomic E-state index is 11.7. The molecular weight excluding hydrogens is 286 g/mol. The van der Waals surface area contributed by atoms with Crippen LogP contribution in [0.15, 0.2) is 30.3 Å². The lowest BCUT2D eigenvalue weighted by molar-refractivity contribution is 0.561. The highest BCUT2D eigenvalue weighted by molar-refractivity contribution is 7.91. The van der Waals surface area contributed by atoms with Crippen molar-refractivity contribution in [3.63, 3.8) is 0 Å². The molecule has 3 rings (SSSR count). The van der Waals surface area contributed by atoms with Crippen molar-refractivity contribution in [1.82, 2.24) is 4.98 Å². The van der Waals surface area contributed by atoms with Gasteiger partial charge in [0.05, 0.1) is 22.6 Å². The van der Waals surface area contributed by atoms with Crippen molar-refractivity contribution in [1.29, 1.82) is 5.26 Å². The maximum absolute atomic E-state index is 11.7. The maximum Gasteiger partial charge on any atom is 0.152 e. The second-order valence-corrected chi connectivity index (χ2v) is 7.52. The van der Waals surface area contributed by atoms with E-state index in [0.717, 1.165) is 17.3 Å². The largest absolute Gasteiger partial charge is 0.365 e. The average Bonchev–Trinajstić information content (AvgIpc) is 2.45. The number of hydrogen-bond acceptors (Lipinski definition) is 5. The summed E-state index contributed by atoms with van der Waals surface area (Å²) in [5.41, 5.74) is 1.23. The normalized spacial score (nSPS) is 20.8. The summed E-state index contributed by atoms with van der Waals surface area (Å²) in [7, 11) is -2.99. The van der Waals surface area contributed by atoms with Crippen molar-refractivity contribution < 1.29 is 8.42 Å². The zero-order chi connectivity index (χ0) is 14.9. The SMILES string of the molecule is N#Cc1cc2ccccc2nc1NC1CCCS(=O)(=O)C1. The fourth-order valence-electron chi connectivity index (χ4n) is 2.64. The Morgan fingerprint density at radius 2 is 2.14 bits per heavy atom. The molecule has 0 spiro atoms. The Balaban J connectivity index is 1.94. The molecule has 5 nitrogen and oxygen atoms in total. The number of nitrogens with zero attached hydrogens (tertiary/aromatic N) is 2. The van der Waals surface area contributed by atoms with Gasteiger partial charge in [0.2, 0.25) is 0 Å². The Labute approximate surface area is 123 Å². The van der Waals surface area contributed by atoms with Crippen LogP contribution in [0.5, 0.6) is 0 Å². The molecule has 2 aromatic rings. The van der Waals surface area contributed by atoms with Gasteiger partial charge in [0.25, 0.3) is 0 Å². The topological polar surface area (TPSA) is 82.8 Å². The van der Waals surface area contributed by atoms with E-state index in [4.69, 9.17) is 0 Å². The van der Waals surface area contributed by atoms with Crippen LogP contribution in [0.3, 0.4) is 0 Å². The molecule has 1 unspecified atom stereocenters. The fourth-order valence-corrected chi connectivity index (χ4v) is 4.28. The van der Waals surface area contributed by atoms with Gasteiger partial charge >= 0.3 is 0 Å². The second kappa shape index (κ2) is 5.34. The van der Waals surface area contributed by atoms with E-state index in [0.29, 0.717) is 17.8 Å². The lowest BCUT2D eigenvalue weighted by Gasteiger charge is -2.24. The summed E-state index contributed by atoms with van der Waals surface area (Å²) in [6.07, 6.45) is 1.42. The lowest BCUT2D eigenvalue weighted by atomic mass is 10.1. The molecule has 108 valence electrons. The third kappa shape index (κ3) is 2.98. The number of fused-ring (bicyclic) bond motifs is 1. The van der Waals surface area contributed by atoms with Crippen LogP contribution in [-0.2, 0) is 9.84 Å². The second-order valence-electron chi connectivity index (χ2n) is 5.29. The molecule has 0 aliphatic carbocycles. The molecule has 1 fully saturated rings. The summed E-state index contributed by atoms with van der Waals surface area (Å²) in [5, 5.41) is 13.3. The van der Waals surface area contributed by atoms with Crippen LogP contribution in [0.1, 0.15) is 18.4 Å². The third-order valence-electron chi connectivity index (χ3n) is 3.65. The molecule has 0 amide bonds. The number of para-hydroxylation sites is 1. The number of nitriles is 1. The predicted octanol–water partition coefficient (Wildman–Crippen LogP) is 2.10. The summed E-state index contributed by atoms with van der Waals surface area (Å²) in [6.45, 7) is 0. The van der Waals surface area contributed by atoms with Crippen LogP contribution in [0.4, 0.5) is 5.82 Å². The van der Waals surface area contributed by atoms with Gasteiger partial charge in [-0.05, 0) is 25.0 Å². The zero-order valence-electron chi connectivity index (χ0n) is 11.4. The predicted molar refractivity (Wildman–Crippen MR) is 81.8 cm³/mol. The number of hydrogen-bond donors (Lipinski definition) is 1. The monoisotopic (exact) mass is 301 g/mol. The number of aromatic nitrogens is 1. The van der Waals surface area contributed by atoms with Crippen LogP contribution in [-0.4, -0.2) is 30.9 Å². The van der Waals surface area contributed by atoms with Crippen molar-refractivity contribution in [3.05, 3.63) is 35.9 Å². The fraction of sp³-hybridized carbons (Fsp3) is 0.333. The Bertz CT molecular complexity index is 824. The molecule has 1 N–H and O–H groups in total. The zero-order valence-corrected chi connectivity index (χ0v) is 12.2. The van der Waals surface area contributed by atoms with Gasteiger partial charge in [-0.3, -0.25) is 0 Å². The van der Waals surface area contributed by atoms with E-state index >= 15 is 0 Å². The molecule has 1 aromatic carbocycles. The van der Waals surface area contributed by atoms with E-state index < -0.39 is 9.84 Å². The van der Waals surface area contributed by atoms with Crippen LogP contribution < -0.4 is 5.32 Å². The van der Waals surface area contributed by atoms with Gasteiger partial charge < -0.3 is 5.32 Å². The molecule has 21 heavy (non-hydrogen) atoms. The van der Waals surface area contributed by atoms with Crippen LogP contribution in [0.25, 0.3) is 10.9 Å². The molecule has 0 radical (unpaired) electrons. The van der Waals surface area contributed by atoms with E-state index in [9.17, 15) is 13.7 Å². The Morgan fingerprint density at radius 3 is 2.90 bits per heavy atom. The molecule has 2 heterocycles. The number of pyridine rings is 1. The molecule has 0 bridgehead atoms. The van der Waals surface area contributed by atoms with Crippen molar-refractivity contribution in [3.8, 4) is 6.07 Å². The Kier molecular flexibility index (Phi) is 3.52. The Hall–Kier alpha value is -2.13. The van der Waals surface area contributed by atoms with E-state index in [1.54, 1.807) is 6.07 Å². The lowest BCUT2D eigenvalue weighted by Crippen LogP contribution is -2.35. The number of benzene rings is 1. The first-order valence-corrected chi connectivity index (χ1v) is 8.66. The molecular formula is C15H15N3O2S. The van der Waals surface area contributed by atoms with Gasteiger partial charge in [-0.2, -0.15) is 5.26 Å². The molecule has 0 saturated carbocycles. The number of nitrogens with one attached hydrogen (secondary N) is 1. The van der Waals surface area contributed by atoms with Crippen molar-refractivity contribution in [2.75, 3.05) is 16.8 Å². The minimum atomic E-state index is -2.99. The van der Waals surface area contributed by atoms with Crippen molar-refractivity contribution in [2.24, 2.45) is 0 Å². The highest BCUT2D eigenvalue weighted by atomic mass is 32.2. The summed E-state index contributed by atoms with van der Waals surface area (Å²) in [5.74, 6) is 0.826. The average molecular weight is 301 g/mol. The highest BCUT2D eigenvalue weighted by Crippen LogP contribution is 2.22. The van der Waals surface area contributed by atoms with Crippen molar-refractivity contribution >= 4 is 26.6 Å². The smallest absolute Gasteiger partial charge is 0.152 e. The van der Waals surface area contributed by atoms with E-state index in [1.807, 2.05) is 24.3 Å². The quantitative estimate of drug-likeness (QED) is 0.918. The molecule has 6 heteroatoms. The van der Waals surface area contributed by atoms with Crippen LogP contribution in [0.2, 0.25) is 0 Å². The van der Waals surface area contributed by atoms with Gasteiger partial charge in [0.1, 0.15) is 11.9 Å². The van der Waals surface area contributed by atoms with Gasteiger partial charge in [-0.15, -0.1) is 0 Å². The van der Waals surface area contributed by atoms with E-state index in [1.165, 1.54) is 0 Å². The highest BCUT2D eigenvalue weighted by Gasteiger charge is 2.25. The van der Waals surface area contributed by atoms with Crippen LogP contribution in [0, 0.1) is 11.3 Å². The van der Waals surface area contributed by atoms with E-state index in [-0.39, 0.29) is 17.5 Å². The number of anilines is 1. The van der Waals surface area contributed by atoms with Gasteiger partial charge in [-0.25, -0.2) is 13.4 Å². The molecule has 1 aliphatic rings. The molecule has 1 aromatic heterocycles. The van der Waals surface area contributed by atoms with Gasteiger partial charge in [0, 0.05) is 11.4 Å². The minimum Gasteiger partial charge on any atom is -0.365 e. The summed E-state index contributed by atoms with van der Waals surface area (Å²) in [6, 6.07) is 11.3. The molecule has 1 atom stereocenters. The minimum absolute atomic E-state index is 0.104. The summed E-state index contributed by atoms with van der Waals surface area (Å²) >= 11 is 0. The van der Waals surface area contributed by atoms with Gasteiger partial charge in [-0.1, -0.05) is 18.2 Å². The molecule has 1 aliphatic heterocycles. The number of sulfone groups is 1. The first kappa shape index (κ1) is 13.8. The van der Waals surface area contributed by atoms with E-state index in [2.05, 4.69) is 16.4 Å². The van der Waals surface area contributed by atoms with Crippen molar-refractivity contribution in [2.45, 2.75) is 18.9 Å². The summed E-state index contributed by atoms with van der Waals surface area (Å²) in [4.78, 5) is 4.46. The Morgan fingerprint density at radius 1 is 1.33 bits per heavy atom. The molecule has 1 saturated heterocycles.